The van der Waals surface area contributed by atoms with Crippen molar-refractivity contribution >= 4 is 34.6 Å². The molecule has 2 N–H and O–H groups in total. The van der Waals surface area contributed by atoms with Crippen LogP contribution in [-0.4, -0.2) is 16.1 Å². The molecule has 0 bridgehead atoms. The topological polar surface area (TPSA) is 62.2 Å². The van der Waals surface area contributed by atoms with Gasteiger partial charge in [0, 0.05) is 5.69 Å². The van der Waals surface area contributed by atoms with Gasteiger partial charge in [0.25, 0.3) is 0 Å². The first-order valence-corrected chi connectivity index (χ1v) is 6.44. The van der Waals surface area contributed by atoms with E-state index in [1.54, 1.807) is 25.3 Å². The van der Waals surface area contributed by atoms with Crippen LogP contribution in [0.1, 0.15) is 20.9 Å². The van der Waals surface area contributed by atoms with E-state index in [-0.39, 0.29) is 0 Å². The number of benzene rings is 1. The standard InChI is InChI=1S/C12H11ClN2O2S/c1-7-8(12(16)17)3-2-4-9(7)14-6-11-15-5-10(13)18-11/h2-5,14H,6H2,1H3,(H,16,17). The van der Waals surface area contributed by atoms with E-state index in [4.69, 9.17) is 16.7 Å². The second kappa shape index (κ2) is 5.37. The Hall–Kier alpha value is -1.59. The lowest BCUT2D eigenvalue weighted by Crippen LogP contribution is -2.05. The molecule has 0 unspecified atom stereocenters. The number of anilines is 1. The molecule has 1 aromatic carbocycles. The number of aromatic carboxylic acids is 1. The Balaban J connectivity index is 2.14. The van der Waals surface area contributed by atoms with Crippen molar-refractivity contribution < 1.29 is 9.90 Å². The van der Waals surface area contributed by atoms with E-state index in [9.17, 15) is 4.79 Å². The smallest absolute Gasteiger partial charge is 0.336 e. The molecule has 0 aliphatic carbocycles. The molecule has 0 spiro atoms. The van der Waals surface area contributed by atoms with Crippen molar-refractivity contribution in [2.75, 3.05) is 5.32 Å². The van der Waals surface area contributed by atoms with Crippen LogP contribution in [0, 0.1) is 6.92 Å². The number of thiazole rings is 1. The van der Waals surface area contributed by atoms with Gasteiger partial charge in [-0.3, -0.25) is 0 Å². The summed E-state index contributed by atoms with van der Waals surface area (Å²) in [5.74, 6) is -0.923. The normalized spacial score (nSPS) is 10.3. The molecule has 0 radical (unpaired) electrons. The van der Waals surface area contributed by atoms with Gasteiger partial charge in [0.05, 0.1) is 18.3 Å². The molecule has 0 fully saturated rings. The SMILES string of the molecule is Cc1c(NCc2ncc(Cl)s2)cccc1C(=O)O. The second-order valence-electron chi connectivity index (χ2n) is 3.69. The minimum Gasteiger partial charge on any atom is -0.478 e. The Labute approximate surface area is 113 Å². The van der Waals surface area contributed by atoms with E-state index >= 15 is 0 Å². The van der Waals surface area contributed by atoms with E-state index < -0.39 is 5.97 Å². The van der Waals surface area contributed by atoms with Gasteiger partial charge < -0.3 is 10.4 Å². The number of carboxylic acid groups (broad SMARTS) is 1. The highest BCUT2D eigenvalue weighted by molar-refractivity contribution is 7.15. The van der Waals surface area contributed by atoms with E-state index in [1.165, 1.54) is 11.3 Å². The van der Waals surface area contributed by atoms with E-state index in [1.807, 2.05) is 6.07 Å². The van der Waals surface area contributed by atoms with Crippen LogP contribution >= 0.6 is 22.9 Å². The maximum Gasteiger partial charge on any atom is 0.336 e. The highest BCUT2D eigenvalue weighted by atomic mass is 35.5. The second-order valence-corrected chi connectivity index (χ2v) is 5.44. The van der Waals surface area contributed by atoms with Crippen molar-refractivity contribution in [3.63, 3.8) is 0 Å². The Morgan fingerprint density at radius 3 is 2.94 bits per heavy atom. The van der Waals surface area contributed by atoms with E-state index in [0.29, 0.717) is 22.0 Å². The average Bonchev–Trinajstić information content (AvgIpc) is 2.73. The van der Waals surface area contributed by atoms with Crippen molar-refractivity contribution in [3.05, 3.63) is 44.9 Å². The summed E-state index contributed by atoms with van der Waals surface area (Å²) in [5.41, 5.74) is 1.81. The predicted octanol–water partition coefficient (Wildman–Crippen LogP) is 3.42. The minimum atomic E-state index is -0.923. The number of rotatable bonds is 4. The lowest BCUT2D eigenvalue weighted by atomic mass is 10.1. The zero-order valence-corrected chi connectivity index (χ0v) is 11.2. The molecular formula is C12H11ClN2O2S. The monoisotopic (exact) mass is 282 g/mol. The van der Waals surface area contributed by atoms with E-state index in [2.05, 4.69) is 10.3 Å². The first-order valence-electron chi connectivity index (χ1n) is 5.25. The third kappa shape index (κ3) is 2.80. The first kappa shape index (κ1) is 12.9. The van der Waals surface area contributed by atoms with Gasteiger partial charge in [-0.2, -0.15) is 0 Å². The molecule has 4 nitrogen and oxygen atoms in total. The van der Waals surface area contributed by atoms with E-state index in [0.717, 1.165) is 10.7 Å². The van der Waals surface area contributed by atoms with Crippen LogP contribution in [0.4, 0.5) is 5.69 Å². The Morgan fingerprint density at radius 1 is 1.56 bits per heavy atom. The fourth-order valence-electron chi connectivity index (χ4n) is 1.60. The molecule has 0 saturated heterocycles. The van der Waals surface area contributed by atoms with Crippen molar-refractivity contribution in [2.24, 2.45) is 0 Å². The average molecular weight is 283 g/mol. The maximum absolute atomic E-state index is 11.0. The summed E-state index contributed by atoms with van der Waals surface area (Å²) in [6.07, 6.45) is 1.60. The fraction of sp³-hybridized carbons (Fsp3) is 0.167. The molecule has 2 aromatic rings. The summed E-state index contributed by atoms with van der Waals surface area (Å²) in [6.45, 7) is 2.31. The third-order valence-electron chi connectivity index (χ3n) is 2.52. The largest absolute Gasteiger partial charge is 0.478 e. The zero-order chi connectivity index (χ0) is 13.1. The quantitative estimate of drug-likeness (QED) is 0.902. The van der Waals surface area contributed by atoms with Crippen LogP contribution in [0.2, 0.25) is 4.34 Å². The Kier molecular flexibility index (Phi) is 3.84. The van der Waals surface area contributed by atoms with Crippen molar-refractivity contribution in [1.29, 1.82) is 0 Å². The van der Waals surface area contributed by atoms with Gasteiger partial charge >= 0.3 is 5.97 Å². The maximum atomic E-state index is 11.0. The molecule has 0 aliphatic rings. The summed E-state index contributed by atoms with van der Waals surface area (Å²) in [5, 5.41) is 13.0. The highest BCUT2D eigenvalue weighted by Crippen LogP contribution is 2.22. The summed E-state index contributed by atoms with van der Waals surface area (Å²) in [7, 11) is 0. The molecule has 0 amide bonds. The number of halogens is 1. The molecule has 1 aromatic heterocycles. The molecular weight excluding hydrogens is 272 g/mol. The molecule has 18 heavy (non-hydrogen) atoms. The fourth-order valence-corrected chi connectivity index (χ4v) is 2.50. The van der Waals surface area contributed by atoms with Crippen LogP contribution in [0.15, 0.2) is 24.4 Å². The number of hydrogen-bond donors (Lipinski definition) is 2. The van der Waals surface area contributed by atoms with Crippen LogP contribution < -0.4 is 5.32 Å². The van der Waals surface area contributed by atoms with Crippen molar-refractivity contribution in [3.8, 4) is 0 Å². The van der Waals surface area contributed by atoms with Crippen LogP contribution in [-0.2, 0) is 6.54 Å². The molecule has 6 heteroatoms. The number of nitrogens with one attached hydrogen (secondary N) is 1. The lowest BCUT2D eigenvalue weighted by molar-refractivity contribution is 0.0696. The van der Waals surface area contributed by atoms with Crippen molar-refractivity contribution in [1.82, 2.24) is 4.98 Å². The summed E-state index contributed by atoms with van der Waals surface area (Å²) in [4.78, 5) is 15.1. The van der Waals surface area contributed by atoms with Crippen LogP contribution in [0.3, 0.4) is 0 Å². The van der Waals surface area contributed by atoms with Gasteiger partial charge in [-0.05, 0) is 24.6 Å². The molecule has 2 rings (SSSR count). The number of carboxylic acids is 1. The molecule has 0 saturated carbocycles. The number of carbonyl (C=O) groups is 1. The predicted molar refractivity (Wildman–Crippen MR) is 72.6 cm³/mol. The molecule has 0 aliphatic heterocycles. The van der Waals surface area contributed by atoms with Gasteiger partial charge in [0.2, 0.25) is 0 Å². The van der Waals surface area contributed by atoms with Gasteiger partial charge in [-0.1, -0.05) is 17.7 Å². The van der Waals surface area contributed by atoms with Gasteiger partial charge in [-0.15, -0.1) is 11.3 Å². The minimum absolute atomic E-state index is 0.303. The highest BCUT2D eigenvalue weighted by Gasteiger charge is 2.10. The molecule has 94 valence electrons. The third-order valence-corrected chi connectivity index (χ3v) is 3.63. The van der Waals surface area contributed by atoms with Crippen molar-refractivity contribution in [2.45, 2.75) is 13.5 Å². The van der Waals surface area contributed by atoms with Crippen LogP contribution in [0.5, 0.6) is 0 Å². The van der Waals surface area contributed by atoms with Gasteiger partial charge in [0.15, 0.2) is 0 Å². The zero-order valence-electron chi connectivity index (χ0n) is 9.61. The summed E-state index contributed by atoms with van der Waals surface area (Å²) in [6, 6.07) is 5.15. The summed E-state index contributed by atoms with van der Waals surface area (Å²) >= 11 is 7.19. The van der Waals surface area contributed by atoms with Gasteiger partial charge in [-0.25, -0.2) is 9.78 Å². The Bertz CT molecular complexity index is 583. The summed E-state index contributed by atoms with van der Waals surface area (Å²) < 4.78 is 0.641. The first-order chi connectivity index (χ1) is 8.58. The van der Waals surface area contributed by atoms with Gasteiger partial charge in [0.1, 0.15) is 9.34 Å². The molecule has 1 heterocycles. The number of aromatic nitrogens is 1. The number of hydrogen-bond acceptors (Lipinski definition) is 4. The molecule has 0 atom stereocenters. The number of nitrogens with zero attached hydrogens (tertiary/aromatic N) is 1. The Morgan fingerprint density at radius 2 is 2.33 bits per heavy atom. The lowest BCUT2D eigenvalue weighted by Gasteiger charge is -2.10. The van der Waals surface area contributed by atoms with Crippen LogP contribution in [0.25, 0.3) is 0 Å².